The van der Waals surface area contributed by atoms with Crippen molar-refractivity contribution >= 4 is 11.6 Å². The lowest BCUT2D eigenvalue weighted by atomic mass is 10.1. The first kappa shape index (κ1) is 19.0. The molecule has 0 aliphatic rings. The number of amides is 1. The van der Waals surface area contributed by atoms with Gasteiger partial charge in [0.15, 0.2) is 5.82 Å². The van der Waals surface area contributed by atoms with E-state index in [1.165, 1.54) is 0 Å². The van der Waals surface area contributed by atoms with E-state index in [0.29, 0.717) is 19.3 Å². The summed E-state index contributed by atoms with van der Waals surface area (Å²) in [5.74, 6) is -1.29. The van der Waals surface area contributed by atoms with E-state index >= 15 is 0 Å². The van der Waals surface area contributed by atoms with Gasteiger partial charge in [-0.25, -0.2) is 0 Å². The van der Waals surface area contributed by atoms with E-state index in [1.54, 1.807) is 0 Å². The summed E-state index contributed by atoms with van der Waals surface area (Å²) in [5.41, 5.74) is 1.86. The Hall–Kier alpha value is -2.38. The number of anilines is 1. The average Bonchev–Trinajstić information content (AvgIpc) is 3.00. The maximum atomic E-state index is 12.3. The highest BCUT2D eigenvalue weighted by Crippen LogP contribution is 2.27. The van der Waals surface area contributed by atoms with Crippen LogP contribution in [0.1, 0.15) is 49.4 Å². The van der Waals surface area contributed by atoms with Crippen LogP contribution >= 0.6 is 0 Å². The SMILES string of the molecule is Cc1cccc(NC(=O)CCCCCCc2noc(C(F)(F)F)n2)c1. The van der Waals surface area contributed by atoms with E-state index in [0.717, 1.165) is 30.5 Å². The lowest BCUT2D eigenvalue weighted by Crippen LogP contribution is -2.11. The Morgan fingerprint density at radius 2 is 1.96 bits per heavy atom. The minimum absolute atomic E-state index is 0.0430. The van der Waals surface area contributed by atoms with Crippen molar-refractivity contribution in [3.63, 3.8) is 0 Å². The van der Waals surface area contributed by atoms with E-state index in [1.807, 2.05) is 31.2 Å². The number of alkyl halides is 3. The van der Waals surface area contributed by atoms with Gasteiger partial charge in [-0.1, -0.05) is 30.1 Å². The third kappa shape index (κ3) is 6.56. The Morgan fingerprint density at radius 3 is 2.64 bits per heavy atom. The smallest absolute Gasteiger partial charge is 0.329 e. The monoisotopic (exact) mass is 355 g/mol. The van der Waals surface area contributed by atoms with Gasteiger partial charge in [-0.3, -0.25) is 4.79 Å². The average molecular weight is 355 g/mol. The second kappa shape index (κ2) is 8.64. The molecule has 5 nitrogen and oxygen atoms in total. The van der Waals surface area contributed by atoms with Gasteiger partial charge in [0.05, 0.1) is 0 Å². The number of hydrogen-bond donors (Lipinski definition) is 1. The molecule has 8 heteroatoms. The summed E-state index contributed by atoms with van der Waals surface area (Å²) in [4.78, 5) is 15.1. The Balaban J connectivity index is 1.59. The number of unbranched alkanes of at least 4 members (excludes halogenated alkanes) is 3. The van der Waals surface area contributed by atoms with Gasteiger partial charge >= 0.3 is 12.1 Å². The quantitative estimate of drug-likeness (QED) is 0.707. The normalized spacial score (nSPS) is 11.5. The van der Waals surface area contributed by atoms with Crippen LogP contribution in [0, 0.1) is 6.92 Å². The molecule has 1 N–H and O–H groups in total. The zero-order valence-corrected chi connectivity index (χ0v) is 13.9. The van der Waals surface area contributed by atoms with Crippen molar-refractivity contribution < 1.29 is 22.5 Å². The molecule has 0 aliphatic heterocycles. The van der Waals surface area contributed by atoms with Crippen molar-refractivity contribution in [2.45, 2.75) is 51.6 Å². The number of aromatic nitrogens is 2. The minimum atomic E-state index is -4.60. The largest absolute Gasteiger partial charge is 0.471 e. The van der Waals surface area contributed by atoms with Crippen LogP contribution in [0.25, 0.3) is 0 Å². The second-order valence-electron chi connectivity index (χ2n) is 5.85. The summed E-state index contributed by atoms with van der Waals surface area (Å²) in [7, 11) is 0. The second-order valence-corrected chi connectivity index (χ2v) is 5.85. The molecule has 136 valence electrons. The molecule has 1 amide bonds. The summed E-state index contributed by atoms with van der Waals surface area (Å²) in [6.45, 7) is 1.96. The molecule has 0 unspecified atom stereocenters. The first-order valence-corrected chi connectivity index (χ1v) is 8.11. The van der Waals surface area contributed by atoms with E-state index in [9.17, 15) is 18.0 Å². The van der Waals surface area contributed by atoms with Gasteiger partial charge < -0.3 is 9.84 Å². The van der Waals surface area contributed by atoms with Crippen LogP contribution in [0.3, 0.4) is 0 Å². The number of benzene rings is 1. The van der Waals surface area contributed by atoms with Crippen LogP contribution in [0.4, 0.5) is 18.9 Å². The third-order valence-electron chi connectivity index (χ3n) is 3.57. The number of hydrogen-bond acceptors (Lipinski definition) is 4. The molecule has 0 saturated heterocycles. The molecule has 25 heavy (non-hydrogen) atoms. The molecule has 1 heterocycles. The first-order valence-electron chi connectivity index (χ1n) is 8.11. The van der Waals surface area contributed by atoms with Crippen LogP contribution in [0.5, 0.6) is 0 Å². The lowest BCUT2D eigenvalue weighted by Gasteiger charge is -2.05. The third-order valence-corrected chi connectivity index (χ3v) is 3.57. The van der Waals surface area contributed by atoms with Crippen molar-refractivity contribution in [1.29, 1.82) is 0 Å². The zero-order valence-electron chi connectivity index (χ0n) is 13.9. The van der Waals surface area contributed by atoms with Gasteiger partial charge in [0.25, 0.3) is 0 Å². The number of aryl methyl sites for hydroxylation is 2. The van der Waals surface area contributed by atoms with Crippen molar-refractivity contribution in [2.75, 3.05) is 5.32 Å². The number of carbonyl (C=O) groups is 1. The fraction of sp³-hybridized carbons (Fsp3) is 0.471. The van der Waals surface area contributed by atoms with Crippen LogP contribution in [-0.4, -0.2) is 16.0 Å². The molecule has 0 saturated carbocycles. The van der Waals surface area contributed by atoms with Crippen LogP contribution in [0.2, 0.25) is 0 Å². The zero-order chi connectivity index (χ0) is 18.3. The summed E-state index contributed by atoms with van der Waals surface area (Å²) in [6.07, 6.45) is -0.897. The predicted octanol–water partition coefficient (Wildman–Crippen LogP) is 4.53. The number of carbonyl (C=O) groups excluding carboxylic acids is 1. The highest BCUT2D eigenvalue weighted by atomic mass is 19.4. The van der Waals surface area contributed by atoms with Crippen LogP contribution in [0.15, 0.2) is 28.8 Å². The number of nitrogens with zero attached hydrogens (tertiary/aromatic N) is 2. The molecule has 1 aromatic carbocycles. The minimum Gasteiger partial charge on any atom is -0.329 e. The summed E-state index contributed by atoms with van der Waals surface area (Å²) in [6, 6.07) is 7.58. The Bertz CT molecular complexity index is 698. The fourth-order valence-corrected chi connectivity index (χ4v) is 2.34. The maximum absolute atomic E-state index is 12.3. The molecule has 0 atom stereocenters. The van der Waals surface area contributed by atoms with E-state index in [2.05, 4.69) is 20.0 Å². The summed E-state index contributed by atoms with van der Waals surface area (Å²) < 4.78 is 41.1. The van der Waals surface area contributed by atoms with Gasteiger partial charge in [0.2, 0.25) is 5.91 Å². The molecular weight excluding hydrogens is 335 g/mol. The molecule has 0 fully saturated rings. The van der Waals surface area contributed by atoms with E-state index in [4.69, 9.17) is 0 Å². The lowest BCUT2D eigenvalue weighted by molar-refractivity contribution is -0.159. The Morgan fingerprint density at radius 1 is 1.20 bits per heavy atom. The van der Waals surface area contributed by atoms with Gasteiger partial charge in [0, 0.05) is 18.5 Å². The Kier molecular flexibility index (Phi) is 6.55. The Labute approximate surface area is 143 Å². The molecule has 0 bridgehead atoms. The topological polar surface area (TPSA) is 68.0 Å². The first-order chi connectivity index (χ1) is 11.8. The van der Waals surface area contributed by atoms with Crippen molar-refractivity contribution in [1.82, 2.24) is 10.1 Å². The van der Waals surface area contributed by atoms with Crippen molar-refractivity contribution in [3.05, 3.63) is 41.5 Å². The van der Waals surface area contributed by atoms with Gasteiger partial charge in [-0.05, 0) is 37.5 Å². The summed E-state index contributed by atoms with van der Waals surface area (Å²) in [5, 5.41) is 6.15. The van der Waals surface area contributed by atoms with E-state index < -0.39 is 12.1 Å². The van der Waals surface area contributed by atoms with Crippen LogP contribution < -0.4 is 5.32 Å². The van der Waals surface area contributed by atoms with Crippen molar-refractivity contribution in [3.8, 4) is 0 Å². The highest BCUT2D eigenvalue weighted by Gasteiger charge is 2.38. The molecule has 2 aromatic rings. The standard InChI is InChI=1S/C17H20F3N3O2/c1-12-7-6-8-13(11-12)21-15(24)10-5-3-2-4-9-14-22-16(25-23-14)17(18,19)20/h6-8,11H,2-5,9-10H2,1H3,(H,21,24). The van der Waals surface area contributed by atoms with Gasteiger partial charge in [0.1, 0.15) is 0 Å². The van der Waals surface area contributed by atoms with Gasteiger partial charge in [-0.15, -0.1) is 0 Å². The molecule has 0 radical (unpaired) electrons. The molecule has 0 aliphatic carbocycles. The molecular formula is C17H20F3N3O2. The van der Waals surface area contributed by atoms with E-state index in [-0.39, 0.29) is 11.7 Å². The van der Waals surface area contributed by atoms with Crippen molar-refractivity contribution in [2.24, 2.45) is 0 Å². The number of nitrogens with one attached hydrogen (secondary N) is 1. The summed E-state index contributed by atoms with van der Waals surface area (Å²) >= 11 is 0. The maximum Gasteiger partial charge on any atom is 0.471 e. The fourth-order valence-electron chi connectivity index (χ4n) is 2.34. The highest BCUT2D eigenvalue weighted by molar-refractivity contribution is 5.90. The van der Waals surface area contributed by atoms with Gasteiger partial charge in [-0.2, -0.15) is 18.2 Å². The predicted molar refractivity (Wildman–Crippen MR) is 85.9 cm³/mol. The molecule has 0 spiro atoms. The van der Waals surface area contributed by atoms with Crippen LogP contribution in [-0.2, 0) is 17.4 Å². The molecule has 1 aromatic heterocycles. The number of rotatable bonds is 8. The number of halogens is 3. The molecule has 2 rings (SSSR count).